The Bertz CT molecular complexity index is 291. The number of hydrogen-bond acceptors (Lipinski definition) is 3. The summed E-state index contributed by atoms with van der Waals surface area (Å²) in [5, 5.41) is 5.56. The van der Waals surface area contributed by atoms with E-state index in [-0.39, 0.29) is 0 Å². The maximum Gasteiger partial charge on any atom is 0.156 e. The molecule has 0 aromatic carbocycles. The molecule has 0 spiro atoms. The first-order valence-corrected chi connectivity index (χ1v) is 9.05. The molecule has 3 heteroatoms. The monoisotopic (exact) mass is 282 g/mol. The van der Waals surface area contributed by atoms with Gasteiger partial charge in [-0.3, -0.25) is 4.99 Å². The smallest absolute Gasteiger partial charge is 0.156 e. The van der Waals surface area contributed by atoms with Crippen LogP contribution in [0, 0.1) is 17.8 Å². The molecule has 0 amide bonds. The highest BCUT2D eigenvalue weighted by molar-refractivity contribution is 8.14. The lowest BCUT2D eigenvalue weighted by molar-refractivity contribution is 0.290. The van der Waals surface area contributed by atoms with Gasteiger partial charge in [0.15, 0.2) is 5.17 Å². The van der Waals surface area contributed by atoms with Crippen LogP contribution in [0.4, 0.5) is 0 Å². The molecule has 19 heavy (non-hydrogen) atoms. The third-order valence-corrected chi connectivity index (χ3v) is 6.26. The van der Waals surface area contributed by atoms with Crippen molar-refractivity contribution in [2.45, 2.75) is 64.5 Å². The Kier molecular flexibility index (Phi) is 6.06. The van der Waals surface area contributed by atoms with Crippen molar-refractivity contribution in [3.63, 3.8) is 0 Å². The largest absolute Gasteiger partial charge is 0.365 e. The molecule has 110 valence electrons. The summed E-state index contributed by atoms with van der Waals surface area (Å²) in [5.41, 5.74) is 0. The van der Waals surface area contributed by atoms with Crippen molar-refractivity contribution >= 4 is 16.9 Å². The van der Waals surface area contributed by atoms with Gasteiger partial charge >= 0.3 is 0 Å². The fraction of sp³-hybridized carbons (Fsp3) is 0.938. The number of nitrogens with zero attached hydrogens (tertiary/aromatic N) is 1. The van der Waals surface area contributed by atoms with Gasteiger partial charge in [-0.05, 0) is 30.6 Å². The summed E-state index contributed by atoms with van der Waals surface area (Å²) in [6.45, 7) is 9.18. The van der Waals surface area contributed by atoms with E-state index >= 15 is 0 Å². The highest BCUT2D eigenvalue weighted by Crippen LogP contribution is 2.31. The molecule has 2 aliphatic rings. The van der Waals surface area contributed by atoms with E-state index in [0.717, 1.165) is 36.1 Å². The van der Waals surface area contributed by atoms with E-state index in [1.807, 2.05) is 11.8 Å². The lowest BCUT2D eigenvalue weighted by Gasteiger charge is -2.26. The van der Waals surface area contributed by atoms with Crippen LogP contribution in [0.1, 0.15) is 59.3 Å². The number of aliphatic imine (C=N–C) groups is 1. The summed E-state index contributed by atoms with van der Waals surface area (Å²) in [6.07, 6.45) is 8.23. The molecule has 0 aromatic heterocycles. The van der Waals surface area contributed by atoms with Gasteiger partial charge in [0.1, 0.15) is 0 Å². The quantitative estimate of drug-likeness (QED) is 0.812. The average Bonchev–Trinajstić information content (AvgIpc) is 2.88. The Morgan fingerprint density at radius 3 is 2.53 bits per heavy atom. The lowest BCUT2D eigenvalue weighted by atomic mass is 9.83. The van der Waals surface area contributed by atoms with Crippen LogP contribution < -0.4 is 5.32 Å². The fourth-order valence-corrected chi connectivity index (χ4v) is 4.64. The SMILES string of the molecule is CCC(CC)C1CN=C(NCC2CCC(C)CC2)S1. The van der Waals surface area contributed by atoms with Crippen molar-refractivity contribution in [1.82, 2.24) is 5.32 Å². The molecule has 0 bridgehead atoms. The van der Waals surface area contributed by atoms with Gasteiger partial charge in [-0.15, -0.1) is 0 Å². The van der Waals surface area contributed by atoms with E-state index in [0.29, 0.717) is 0 Å². The minimum Gasteiger partial charge on any atom is -0.365 e. The van der Waals surface area contributed by atoms with Crippen LogP contribution in [-0.2, 0) is 0 Å². The molecule has 1 unspecified atom stereocenters. The third-order valence-electron chi connectivity index (χ3n) is 4.93. The second-order valence-corrected chi connectivity index (χ2v) is 7.61. The predicted octanol–water partition coefficient (Wildman–Crippen LogP) is 4.31. The number of amidine groups is 1. The molecule has 1 aliphatic heterocycles. The maximum atomic E-state index is 4.70. The molecular formula is C16H30N2S. The molecule has 0 saturated heterocycles. The first-order valence-electron chi connectivity index (χ1n) is 8.17. The predicted molar refractivity (Wildman–Crippen MR) is 86.9 cm³/mol. The second-order valence-electron chi connectivity index (χ2n) is 6.39. The Labute approximate surface area is 123 Å². The van der Waals surface area contributed by atoms with Gasteiger partial charge in [0.25, 0.3) is 0 Å². The van der Waals surface area contributed by atoms with E-state index < -0.39 is 0 Å². The third kappa shape index (κ3) is 4.40. The van der Waals surface area contributed by atoms with Crippen molar-refractivity contribution in [2.24, 2.45) is 22.7 Å². The molecule has 2 rings (SSSR count). The minimum atomic E-state index is 0.726. The number of rotatable bonds is 5. The molecule has 0 aromatic rings. The van der Waals surface area contributed by atoms with Crippen molar-refractivity contribution in [2.75, 3.05) is 13.1 Å². The van der Waals surface area contributed by atoms with Crippen LogP contribution in [0.2, 0.25) is 0 Å². The zero-order valence-electron chi connectivity index (χ0n) is 12.8. The van der Waals surface area contributed by atoms with Gasteiger partial charge in [0.2, 0.25) is 0 Å². The van der Waals surface area contributed by atoms with Crippen LogP contribution in [0.3, 0.4) is 0 Å². The zero-order valence-corrected chi connectivity index (χ0v) is 13.6. The highest BCUT2D eigenvalue weighted by Gasteiger charge is 2.26. The Morgan fingerprint density at radius 2 is 1.89 bits per heavy atom. The van der Waals surface area contributed by atoms with Crippen molar-refractivity contribution in [1.29, 1.82) is 0 Å². The second kappa shape index (κ2) is 7.56. The summed E-state index contributed by atoms with van der Waals surface area (Å²) in [7, 11) is 0. The van der Waals surface area contributed by atoms with Crippen molar-refractivity contribution in [3.05, 3.63) is 0 Å². The summed E-state index contributed by atoms with van der Waals surface area (Å²) < 4.78 is 0. The zero-order chi connectivity index (χ0) is 13.7. The number of thioether (sulfide) groups is 1. The van der Waals surface area contributed by atoms with Gasteiger partial charge < -0.3 is 5.32 Å². The fourth-order valence-electron chi connectivity index (χ4n) is 3.31. The van der Waals surface area contributed by atoms with Crippen LogP contribution in [-0.4, -0.2) is 23.5 Å². The van der Waals surface area contributed by atoms with Gasteiger partial charge in [0, 0.05) is 11.8 Å². The normalized spacial score (nSPS) is 31.6. The molecular weight excluding hydrogens is 252 g/mol. The molecule has 1 fully saturated rings. The Morgan fingerprint density at radius 1 is 1.21 bits per heavy atom. The molecule has 2 nitrogen and oxygen atoms in total. The van der Waals surface area contributed by atoms with Gasteiger partial charge in [-0.25, -0.2) is 0 Å². The standard InChI is InChI=1S/C16H30N2S/c1-4-14(5-2)15-11-18-16(19-15)17-10-13-8-6-12(3)7-9-13/h12-15H,4-11H2,1-3H3,(H,17,18). The van der Waals surface area contributed by atoms with Gasteiger partial charge in [-0.2, -0.15) is 0 Å². The summed E-state index contributed by atoms with van der Waals surface area (Å²) in [6, 6.07) is 0. The summed E-state index contributed by atoms with van der Waals surface area (Å²) >= 11 is 2.00. The topological polar surface area (TPSA) is 24.4 Å². The maximum absolute atomic E-state index is 4.70. The molecule has 0 radical (unpaired) electrons. The molecule has 1 atom stereocenters. The number of nitrogens with one attached hydrogen (secondary N) is 1. The first kappa shape index (κ1) is 15.2. The lowest BCUT2D eigenvalue weighted by Crippen LogP contribution is -2.29. The average molecular weight is 282 g/mol. The van der Waals surface area contributed by atoms with Crippen molar-refractivity contribution in [3.8, 4) is 0 Å². The molecule has 1 heterocycles. The Balaban J connectivity index is 1.67. The van der Waals surface area contributed by atoms with E-state index in [2.05, 4.69) is 26.1 Å². The van der Waals surface area contributed by atoms with E-state index in [1.165, 1.54) is 43.7 Å². The first-order chi connectivity index (χ1) is 9.22. The van der Waals surface area contributed by atoms with Crippen LogP contribution in [0.15, 0.2) is 4.99 Å². The van der Waals surface area contributed by atoms with Crippen LogP contribution in [0.5, 0.6) is 0 Å². The summed E-state index contributed by atoms with van der Waals surface area (Å²) in [4.78, 5) is 4.70. The highest BCUT2D eigenvalue weighted by atomic mass is 32.2. The molecule has 1 saturated carbocycles. The Hall–Kier alpha value is -0.180. The minimum absolute atomic E-state index is 0.726. The van der Waals surface area contributed by atoms with E-state index in [4.69, 9.17) is 4.99 Å². The van der Waals surface area contributed by atoms with E-state index in [1.54, 1.807) is 0 Å². The number of hydrogen-bond donors (Lipinski definition) is 1. The van der Waals surface area contributed by atoms with Crippen LogP contribution >= 0.6 is 11.8 Å². The van der Waals surface area contributed by atoms with Crippen molar-refractivity contribution < 1.29 is 0 Å². The summed E-state index contributed by atoms with van der Waals surface area (Å²) in [5.74, 6) is 2.67. The van der Waals surface area contributed by atoms with Crippen LogP contribution in [0.25, 0.3) is 0 Å². The van der Waals surface area contributed by atoms with Gasteiger partial charge in [-0.1, -0.05) is 58.2 Å². The van der Waals surface area contributed by atoms with Gasteiger partial charge in [0.05, 0.1) is 6.54 Å². The molecule has 1 aliphatic carbocycles. The van der Waals surface area contributed by atoms with E-state index in [9.17, 15) is 0 Å². The molecule has 1 N–H and O–H groups in total.